The first kappa shape index (κ1) is 8.75. The fraction of sp³-hybridized carbons (Fsp3) is 0.0833. The number of allylic oxidation sites excluding steroid dienone is 3. The minimum absolute atomic E-state index is 0.627. The largest absolute Gasteiger partial charge is 0.481 e. The Bertz CT molecular complexity index is 497. The lowest BCUT2D eigenvalue weighted by molar-refractivity contribution is 0.286. The van der Waals surface area contributed by atoms with Gasteiger partial charge in [-0.2, -0.15) is 0 Å². The van der Waals surface area contributed by atoms with Gasteiger partial charge in [0, 0.05) is 11.3 Å². The highest BCUT2D eigenvalue weighted by Gasteiger charge is 1.92. The monoisotopic (exact) mass is 185 g/mol. The van der Waals surface area contributed by atoms with Gasteiger partial charge in [-0.25, -0.2) is 4.99 Å². The summed E-state index contributed by atoms with van der Waals surface area (Å²) >= 11 is 0. The molecular formula is C12H11NO. The van der Waals surface area contributed by atoms with Gasteiger partial charge in [-0.3, -0.25) is 0 Å². The molecule has 0 bridgehead atoms. The molecule has 1 aliphatic heterocycles. The molecule has 0 fully saturated rings. The third kappa shape index (κ3) is 1.74. The summed E-state index contributed by atoms with van der Waals surface area (Å²) in [6, 6.07) is 7.96. The number of fused-ring (bicyclic) bond motifs is 1. The Kier molecular flexibility index (Phi) is 2.45. The van der Waals surface area contributed by atoms with Crippen LogP contribution in [0.4, 0.5) is 0 Å². The SMILES string of the molecule is COC1=C/C=C\C=c2\cccc\c2=N\1. The zero-order valence-electron chi connectivity index (χ0n) is 7.97. The maximum atomic E-state index is 5.11. The van der Waals surface area contributed by atoms with Crippen LogP contribution in [0.15, 0.2) is 53.4 Å². The van der Waals surface area contributed by atoms with Crippen molar-refractivity contribution in [2.24, 2.45) is 4.99 Å². The van der Waals surface area contributed by atoms with E-state index < -0.39 is 0 Å². The molecule has 0 N–H and O–H groups in total. The molecule has 70 valence electrons. The quantitative estimate of drug-likeness (QED) is 0.643. The Morgan fingerprint density at radius 3 is 2.71 bits per heavy atom. The molecule has 2 nitrogen and oxygen atoms in total. The molecule has 14 heavy (non-hydrogen) atoms. The molecule has 0 aromatic heterocycles. The Morgan fingerprint density at radius 1 is 1.07 bits per heavy atom. The van der Waals surface area contributed by atoms with Crippen molar-refractivity contribution in [3.63, 3.8) is 0 Å². The second kappa shape index (κ2) is 3.92. The number of benzene rings is 1. The summed E-state index contributed by atoms with van der Waals surface area (Å²) in [5, 5.41) is 2.04. The van der Waals surface area contributed by atoms with Crippen LogP contribution in [0.2, 0.25) is 0 Å². The lowest BCUT2D eigenvalue weighted by Crippen LogP contribution is -2.24. The standard InChI is InChI=1S/C12H11NO/c1-14-12-9-5-3-7-10-6-2-4-8-11(10)13-12/h2-9H,1H3/b5-3-,7-3?,9-5?,10-7-,12-9+,13-11-,13-12?. The van der Waals surface area contributed by atoms with E-state index in [1.165, 1.54) is 0 Å². The Morgan fingerprint density at radius 2 is 1.86 bits per heavy atom. The van der Waals surface area contributed by atoms with Crippen LogP contribution in [0.25, 0.3) is 6.08 Å². The molecule has 1 aliphatic rings. The number of ether oxygens (including phenoxy) is 1. The third-order valence-electron chi connectivity index (χ3n) is 2.00. The van der Waals surface area contributed by atoms with Gasteiger partial charge in [0.2, 0.25) is 5.88 Å². The summed E-state index contributed by atoms with van der Waals surface area (Å²) in [7, 11) is 1.62. The number of hydrogen-bond acceptors (Lipinski definition) is 2. The molecule has 0 spiro atoms. The summed E-state index contributed by atoms with van der Waals surface area (Å²) in [6.07, 6.45) is 7.76. The van der Waals surface area contributed by atoms with Crippen molar-refractivity contribution in [3.05, 3.63) is 59.0 Å². The summed E-state index contributed by atoms with van der Waals surface area (Å²) in [6.45, 7) is 0. The predicted octanol–water partition coefficient (Wildman–Crippen LogP) is 1.14. The summed E-state index contributed by atoms with van der Waals surface area (Å²) in [4.78, 5) is 4.37. The van der Waals surface area contributed by atoms with Gasteiger partial charge in [0.15, 0.2) is 0 Å². The van der Waals surface area contributed by atoms with E-state index in [9.17, 15) is 0 Å². The smallest absolute Gasteiger partial charge is 0.213 e. The molecule has 1 aromatic carbocycles. The van der Waals surface area contributed by atoms with Gasteiger partial charge in [0.1, 0.15) is 0 Å². The lowest BCUT2D eigenvalue weighted by Gasteiger charge is -1.99. The van der Waals surface area contributed by atoms with Crippen LogP contribution in [0.1, 0.15) is 0 Å². The first-order chi connectivity index (χ1) is 6.90. The van der Waals surface area contributed by atoms with Crippen molar-refractivity contribution < 1.29 is 4.74 Å². The van der Waals surface area contributed by atoms with Crippen molar-refractivity contribution in [1.82, 2.24) is 0 Å². The van der Waals surface area contributed by atoms with E-state index in [1.54, 1.807) is 7.11 Å². The minimum atomic E-state index is 0.627. The zero-order valence-corrected chi connectivity index (χ0v) is 7.97. The van der Waals surface area contributed by atoms with Gasteiger partial charge in [0.25, 0.3) is 0 Å². The molecule has 0 radical (unpaired) electrons. The normalized spacial score (nSPS) is 24.8. The van der Waals surface area contributed by atoms with Crippen LogP contribution in [-0.2, 0) is 4.74 Å². The highest BCUT2D eigenvalue weighted by molar-refractivity contribution is 5.39. The van der Waals surface area contributed by atoms with Crippen molar-refractivity contribution in [1.29, 1.82) is 0 Å². The molecular weight excluding hydrogens is 174 g/mol. The van der Waals surface area contributed by atoms with Crippen LogP contribution >= 0.6 is 0 Å². The fourth-order valence-corrected chi connectivity index (χ4v) is 1.30. The van der Waals surface area contributed by atoms with E-state index >= 15 is 0 Å². The van der Waals surface area contributed by atoms with Gasteiger partial charge in [0.05, 0.1) is 12.5 Å². The molecule has 0 saturated heterocycles. The Balaban J connectivity index is 2.70. The van der Waals surface area contributed by atoms with Crippen LogP contribution < -0.4 is 10.6 Å². The molecule has 2 rings (SSSR count). The van der Waals surface area contributed by atoms with E-state index in [0.717, 1.165) is 10.6 Å². The molecule has 1 aromatic rings. The van der Waals surface area contributed by atoms with Crippen molar-refractivity contribution in [2.75, 3.05) is 7.11 Å². The zero-order chi connectivity index (χ0) is 9.80. The second-order valence-corrected chi connectivity index (χ2v) is 2.93. The van der Waals surface area contributed by atoms with Crippen LogP contribution in [-0.4, -0.2) is 7.11 Å². The number of rotatable bonds is 1. The Hall–Kier alpha value is -1.83. The summed E-state index contributed by atoms with van der Waals surface area (Å²) < 4.78 is 5.11. The fourth-order valence-electron chi connectivity index (χ4n) is 1.30. The topological polar surface area (TPSA) is 21.6 Å². The number of methoxy groups -OCH3 is 1. The van der Waals surface area contributed by atoms with E-state index in [1.807, 2.05) is 48.6 Å². The van der Waals surface area contributed by atoms with E-state index in [4.69, 9.17) is 4.74 Å². The van der Waals surface area contributed by atoms with E-state index in [0.29, 0.717) is 5.88 Å². The van der Waals surface area contributed by atoms with E-state index in [2.05, 4.69) is 4.99 Å². The summed E-state index contributed by atoms with van der Waals surface area (Å²) in [5.74, 6) is 0.627. The molecule has 0 atom stereocenters. The predicted molar refractivity (Wildman–Crippen MR) is 55.9 cm³/mol. The minimum Gasteiger partial charge on any atom is -0.481 e. The first-order valence-electron chi connectivity index (χ1n) is 4.46. The molecule has 1 heterocycles. The van der Waals surface area contributed by atoms with Gasteiger partial charge >= 0.3 is 0 Å². The highest BCUT2D eigenvalue weighted by Crippen LogP contribution is 1.97. The van der Waals surface area contributed by atoms with Gasteiger partial charge < -0.3 is 4.74 Å². The van der Waals surface area contributed by atoms with Crippen LogP contribution in [0.3, 0.4) is 0 Å². The molecule has 0 saturated carbocycles. The van der Waals surface area contributed by atoms with Crippen LogP contribution in [0, 0.1) is 0 Å². The van der Waals surface area contributed by atoms with Gasteiger partial charge in [-0.1, -0.05) is 36.4 Å². The average Bonchev–Trinajstić information content (AvgIpc) is 2.19. The lowest BCUT2D eigenvalue weighted by atomic mass is 10.2. The second-order valence-electron chi connectivity index (χ2n) is 2.93. The molecule has 0 aliphatic carbocycles. The van der Waals surface area contributed by atoms with Crippen molar-refractivity contribution in [3.8, 4) is 0 Å². The van der Waals surface area contributed by atoms with Gasteiger partial charge in [-0.05, 0) is 6.07 Å². The van der Waals surface area contributed by atoms with E-state index in [-0.39, 0.29) is 0 Å². The maximum absolute atomic E-state index is 5.11. The average molecular weight is 185 g/mol. The van der Waals surface area contributed by atoms with Crippen molar-refractivity contribution in [2.45, 2.75) is 0 Å². The number of para-hydroxylation sites is 1. The maximum Gasteiger partial charge on any atom is 0.213 e. The number of nitrogens with zero attached hydrogens (tertiary/aromatic N) is 1. The van der Waals surface area contributed by atoms with Crippen LogP contribution in [0.5, 0.6) is 0 Å². The molecule has 0 amide bonds. The number of hydrogen-bond donors (Lipinski definition) is 0. The Labute approximate surface area is 82.6 Å². The summed E-state index contributed by atoms with van der Waals surface area (Å²) in [5.41, 5.74) is 0. The molecule has 2 heteroatoms. The molecule has 0 unspecified atom stereocenters. The first-order valence-corrected chi connectivity index (χ1v) is 4.46. The highest BCUT2D eigenvalue weighted by atomic mass is 16.5. The third-order valence-corrected chi connectivity index (χ3v) is 2.00. The van der Waals surface area contributed by atoms with Crippen molar-refractivity contribution >= 4 is 6.08 Å². The van der Waals surface area contributed by atoms with Gasteiger partial charge in [-0.15, -0.1) is 0 Å².